The van der Waals surface area contributed by atoms with Gasteiger partial charge in [0.2, 0.25) is 0 Å². The molecule has 0 N–H and O–H groups in total. The Bertz CT molecular complexity index is 7070. The van der Waals surface area contributed by atoms with E-state index in [4.69, 9.17) is 0 Å². The third kappa shape index (κ3) is 16.0. The number of benzene rings is 7. The minimum atomic E-state index is -1.07. The summed E-state index contributed by atoms with van der Waals surface area (Å²) in [6.07, 6.45) is 3.05. The fraction of sp³-hybridized carbons (Fsp3) is 0.290. The maximum Gasteiger partial charge on any atom is 0.328 e. The molecule has 658 valence electrons. The number of nitrogens with zero attached hydrogens (tertiary/aromatic N) is 20. The highest BCUT2D eigenvalue weighted by Gasteiger charge is 2.36. The molecule has 35 heteroatoms. The lowest BCUT2D eigenvalue weighted by Gasteiger charge is -2.37. The van der Waals surface area contributed by atoms with Gasteiger partial charge < -0.3 is 29.4 Å². The van der Waals surface area contributed by atoms with Crippen LogP contribution in [0, 0.1) is 55.7 Å². The molecule has 0 unspecified atom stereocenters. The van der Waals surface area contributed by atoms with Crippen molar-refractivity contribution in [3.63, 3.8) is 0 Å². The molecule has 0 aliphatic carbocycles. The van der Waals surface area contributed by atoms with E-state index in [0.29, 0.717) is 149 Å². The molecule has 0 saturated carbocycles. The van der Waals surface area contributed by atoms with Crippen LogP contribution in [0.25, 0.3) is 111 Å². The molecular formula is C93H90F6N20O8S. The van der Waals surface area contributed by atoms with Crippen molar-refractivity contribution in [3.05, 3.63) is 268 Å². The van der Waals surface area contributed by atoms with Crippen molar-refractivity contribution in [2.24, 2.45) is 0 Å². The van der Waals surface area contributed by atoms with Crippen molar-refractivity contribution in [3.8, 4) is 67.8 Å². The SMILES string of the molecule is CN1CCN(C(=O)n2cc3c(=O)n(-c4ccsc4)nc-3c3cc(F)c(F)cc32)CC1.Cc1c2c(=O)n(-c3ccccc3)nc-2c2cc(F)c(F)cc2n1C(=O)N1CCN(C(C)C)CC1.Cc1c2c(=O)n(-c3ccccc3)nc-2c2cc(F)c(F)cc2n1C(=O)N1CCN(C)CC1.Cc1ccc2c(c1)c1nn(-c3ccccc3)c(=O)c-1cn2C(=O)N1CCN(C(C)C)CC1. The first-order chi connectivity index (χ1) is 61.5. The van der Waals surface area contributed by atoms with Crippen LogP contribution >= 0.6 is 11.3 Å². The predicted molar refractivity (Wildman–Crippen MR) is 478 cm³/mol. The smallest absolute Gasteiger partial charge is 0.321 e. The fourth-order valence-corrected chi connectivity index (χ4v) is 17.7. The first-order valence-corrected chi connectivity index (χ1v) is 43.0. The zero-order valence-corrected chi connectivity index (χ0v) is 72.4. The number of rotatable bonds is 6. The van der Waals surface area contributed by atoms with Crippen molar-refractivity contribution in [1.82, 2.24) is 96.6 Å². The van der Waals surface area contributed by atoms with E-state index in [1.54, 1.807) is 99.3 Å². The van der Waals surface area contributed by atoms with Crippen molar-refractivity contribution < 1.29 is 45.5 Å². The minimum absolute atomic E-state index is 0.101. The monoisotopic (exact) mass is 1760 g/mol. The van der Waals surface area contributed by atoms with Crippen LogP contribution < -0.4 is 22.2 Å². The first-order valence-electron chi connectivity index (χ1n) is 42.1. The van der Waals surface area contributed by atoms with Gasteiger partial charge in [-0.25, -0.2) is 45.5 Å². The molecule has 20 rings (SSSR count). The number of para-hydroxylation sites is 3. The van der Waals surface area contributed by atoms with Crippen LogP contribution in [0.15, 0.2) is 194 Å². The van der Waals surface area contributed by atoms with Crippen LogP contribution in [0.3, 0.4) is 0 Å². The highest BCUT2D eigenvalue weighted by atomic mass is 32.1. The lowest BCUT2D eigenvalue weighted by molar-refractivity contribution is 0.120. The molecule has 28 nitrogen and oxygen atoms in total. The van der Waals surface area contributed by atoms with Gasteiger partial charge in [-0.2, -0.15) is 50.5 Å². The average Bonchev–Trinajstić information content (AvgIpc) is 1.55. The second-order valence-electron chi connectivity index (χ2n) is 33.0. The van der Waals surface area contributed by atoms with Crippen molar-refractivity contribution in [1.29, 1.82) is 0 Å². The maximum atomic E-state index is 14.3. The van der Waals surface area contributed by atoms with Crippen LogP contribution in [0.5, 0.6) is 0 Å². The molecule has 0 spiro atoms. The van der Waals surface area contributed by atoms with E-state index in [0.717, 1.165) is 66.0 Å². The number of halogens is 6. The highest BCUT2D eigenvalue weighted by molar-refractivity contribution is 7.08. The van der Waals surface area contributed by atoms with Gasteiger partial charge in [0, 0.05) is 186 Å². The summed E-state index contributed by atoms with van der Waals surface area (Å²) in [7, 11) is 3.94. The van der Waals surface area contributed by atoms with Gasteiger partial charge in [0.25, 0.3) is 22.2 Å². The summed E-state index contributed by atoms with van der Waals surface area (Å²) in [5.74, 6) is -6.40. The van der Waals surface area contributed by atoms with E-state index in [2.05, 4.69) is 67.7 Å². The second kappa shape index (κ2) is 35.2. The number of thiophene rings is 1. The fourth-order valence-electron chi connectivity index (χ4n) is 17.1. The summed E-state index contributed by atoms with van der Waals surface area (Å²) in [6, 6.07) is 40.3. The van der Waals surface area contributed by atoms with Crippen LogP contribution in [0.1, 0.15) is 44.6 Å². The van der Waals surface area contributed by atoms with Crippen LogP contribution in [-0.2, 0) is 0 Å². The molecule has 0 radical (unpaired) electrons. The predicted octanol–water partition coefficient (Wildman–Crippen LogP) is 13.4. The van der Waals surface area contributed by atoms with Gasteiger partial charge in [-0.05, 0) is 141 Å². The van der Waals surface area contributed by atoms with E-state index < -0.39 is 51.6 Å². The van der Waals surface area contributed by atoms with Gasteiger partial charge in [-0.3, -0.25) is 47.2 Å². The summed E-state index contributed by atoms with van der Waals surface area (Å²) in [4.78, 5) is 123. The van der Waals surface area contributed by atoms with E-state index in [-0.39, 0.29) is 96.2 Å². The van der Waals surface area contributed by atoms with Crippen LogP contribution in [-0.4, -0.2) is 252 Å². The molecule has 13 heterocycles. The molecule has 4 amide bonds. The van der Waals surface area contributed by atoms with E-state index in [9.17, 15) is 64.7 Å². The van der Waals surface area contributed by atoms with Gasteiger partial charge in [0.15, 0.2) is 34.9 Å². The Morgan fingerprint density at radius 2 is 0.664 bits per heavy atom. The maximum absolute atomic E-state index is 14.3. The number of likely N-dealkylation sites (N-methyl/N-ethyl adjacent to an activating group) is 2. The van der Waals surface area contributed by atoms with Gasteiger partial charge in [-0.15, -0.1) is 0 Å². The molecule has 4 saturated heterocycles. The molecule has 12 aliphatic rings. The van der Waals surface area contributed by atoms with Gasteiger partial charge >= 0.3 is 24.1 Å². The number of fused-ring (bicyclic) bond motifs is 12. The standard InChI is InChI=1S/C25H25F2N5O2.C25H27N5O2.C23H21F2N5O2.C20H17F2N5O2S/c1-15(2)29-9-11-30(12-10-29)25(34)31-16(3)22-23(18-13-19(26)20(27)14-21(18)31)28-32(24(22)33)17-7-5-4-6-8-17;1-17(2)27-11-13-28(14-12-27)25(32)29-16-21-23(20-15-18(3)9-10-22(20)29)26-30(24(21)31)19-7-5-4-6-8-19;1-14-20-21(26-30(22(20)31)15-6-4-3-5-7-15)16-12-17(24)18(25)13-19(16)29(14)23(32)28-10-8-27(2)9-11-28;1-24-3-5-25(6-4-24)20(29)26-10-14-18(13-8-15(21)16(22)9-17(13)26)23-27(19(14)28)12-2-7-30-11-12/h4-8,13-15H,9-12H2,1-3H3;4-10,15-17H,11-14H2,1-3H3;3-7,12-13H,8-11H2,1-2H3;2,7-11H,3-6H2,1H3. The number of carbonyl (C=O) groups is 4. The van der Waals surface area contributed by atoms with E-state index >= 15 is 0 Å². The lowest BCUT2D eigenvalue weighted by atomic mass is 10.0. The molecule has 4 fully saturated rings. The number of amides is 4. The van der Waals surface area contributed by atoms with Crippen molar-refractivity contribution in [2.45, 2.75) is 60.5 Å². The first kappa shape index (κ1) is 86.4. The number of pyridine rings is 4. The summed E-state index contributed by atoms with van der Waals surface area (Å²) >= 11 is 1.41. The Kier molecular flexibility index (Phi) is 23.8. The van der Waals surface area contributed by atoms with Gasteiger partial charge in [0.1, 0.15) is 22.8 Å². The third-order valence-electron chi connectivity index (χ3n) is 24.4. The van der Waals surface area contributed by atoms with Crippen LogP contribution in [0.4, 0.5) is 45.5 Å². The van der Waals surface area contributed by atoms with Gasteiger partial charge in [-0.1, -0.05) is 66.2 Å². The molecule has 0 atom stereocenters. The third-order valence-corrected chi connectivity index (χ3v) is 25.0. The molecule has 12 aliphatic heterocycles. The summed E-state index contributed by atoms with van der Waals surface area (Å²) in [6.45, 7) is 24.1. The van der Waals surface area contributed by atoms with E-state index in [1.807, 2.05) is 92.0 Å². The normalized spacial score (nSPS) is 15.2. The van der Waals surface area contributed by atoms with Crippen molar-refractivity contribution in [2.75, 3.05) is 119 Å². The highest BCUT2D eigenvalue weighted by Crippen LogP contribution is 2.38. The Labute approximate surface area is 732 Å². The molecule has 0 bridgehead atoms. The number of aryl methyl sites for hydroxylation is 1. The largest absolute Gasteiger partial charge is 0.328 e. The quantitative estimate of drug-likeness (QED) is 0.140. The van der Waals surface area contributed by atoms with E-state index in [1.165, 1.54) is 50.0 Å². The summed E-state index contributed by atoms with van der Waals surface area (Å²) in [5.41, 5.74) is 6.23. The number of aromatic nitrogens is 12. The molecular weight excluding hydrogens is 1670 g/mol. The Hall–Kier alpha value is -13.7. The molecule has 8 aromatic rings. The number of carbonyl (C=O) groups excluding carboxylic acids is 4. The lowest BCUT2D eigenvalue weighted by Crippen LogP contribution is -2.52. The minimum Gasteiger partial charge on any atom is -0.321 e. The molecule has 128 heavy (non-hydrogen) atoms. The molecule has 7 aromatic carbocycles. The Morgan fingerprint density at radius 1 is 0.344 bits per heavy atom. The summed E-state index contributed by atoms with van der Waals surface area (Å²) in [5, 5.41) is 22.9. The number of hydrogen-bond donors (Lipinski definition) is 0. The topological polar surface area (TPSA) is 253 Å². The number of hydrogen-bond acceptors (Lipinski definition) is 17. The summed E-state index contributed by atoms with van der Waals surface area (Å²) < 4.78 is 95.9. The number of piperazine rings is 4. The van der Waals surface area contributed by atoms with Crippen LogP contribution in [0.2, 0.25) is 0 Å². The molecule has 1 aromatic heterocycles. The average molecular weight is 1760 g/mol. The Balaban J connectivity index is 0.000000120. The zero-order valence-electron chi connectivity index (χ0n) is 71.6. The second-order valence-corrected chi connectivity index (χ2v) is 33.8. The Morgan fingerprint density at radius 3 is 1.04 bits per heavy atom. The zero-order chi connectivity index (χ0) is 90.1. The van der Waals surface area contributed by atoms with Gasteiger partial charge in [0.05, 0.1) is 67.1 Å². The van der Waals surface area contributed by atoms with Crippen molar-refractivity contribution >= 4 is 79.1 Å².